The van der Waals surface area contributed by atoms with Crippen LogP contribution in [-0.4, -0.2) is 36.6 Å². The summed E-state index contributed by atoms with van der Waals surface area (Å²) in [6, 6.07) is 1.65. The Bertz CT molecular complexity index is 237. The topological polar surface area (TPSA) is 15.3 Å². The van der Waals surface area contributed by atoms with E-state index in [1.165, 1.54) is 58.2 Å². The number of likely N-dealkylation sites (tertiary alicyclic amines) is 1. The first kappa shape index (κ1) is 13.4. The zero-order chi connectivity index (χ0) is 12.3. The van der Waals surface area contributed by atoms with Crippen LogP contribution in [0.1, 0.15) is 59.3 Å². The van der Waals surface area contributed by atoms with Crippen molar-refractivity contribution in [1.82, 2.24) is 10.2 Å². The Morgan fingerprint density at radius 2 is 2.12 bits per heavy atom. The molecule has 1 saturated carbocycles. The molecule has 2 heteroatoms. The van der Waals surface area contributed by atoms with Gasteiger partial charge in [0.05, 0.1) is 0 Å². The van der Waals surface area contributed by atoms with Gasteiger partial charge < -0.3 is 5.32 Å². The van der Waals surface area contributed by atoms with Crippen LogP contribution in [0, 0.1) is 5.41 Å². The van der Waals surface area contributed by atoms with Crippen molar-refractivity contribution in [2.24, 2.45) is 5.41 Å². The zero-order valence-corrected chi connectivity index (χ0v) is 12.0. The van der Waals surface area contributed by atoms with Gasteiger partial charge in [0.1, 0.15) is 0 Å². The van der Waals surface area contributed by atoms with Crippen LogP contribution in [-0.2, 0) is 0 Å². The molecule has 0 radical (unpaired) electrons. The number of hydrogen-bond acceptors (Lipinski definition) is 2. The highest BCUT2D eigenvalue weighted by molar-refractivity contribution is 4.90. The van der Waals surface area contributed by atoms with Crippen molar-refractivity contribution in [3.05, 3.63) is 0 Å². The number of hydrogen-bond donors (Lipinski definition) is 1. The molecule has 17 heavy (non-hydrogen) atoms. The van der Waals surface area contributed by atoms with E-state index in [1.54, 1.807) is 0 Å². The second-order valence-corrected chi connectivity index (χ2v) is 6.86. The van der Waals surface area contributed by atoms with Crippen LogP contribution in [0.3, 0.4) is 0 Å². The second kappa shape index (κ2) is 5.71. The van der Waals surface area contributed by atoms with Gasteiger partial charge in [0.15, 0.2) is 0 Å². The molecule has 0 bridgehead atoms. The van der Waals surface area contributed by atoms with Crippen molar-refractivity contribution in [2.75, 3.05) is 19.6 Å². The third-order valence-corrected chi connectivity index (χ3v) is 4.55. The molecule has 2 rings (SSSR count). The number of nitrogens with zero attached hydrogens (tertiary/aromatic N) is 1. The van der Waals surface area contributed by atoms with Crippen molar-refractivity contribution < 1.29 is 0 Å². The van der Waals surface area contributed by atoms with Gasteiger partial charge in [-0.15, -0.1) is 0 Å². The normalized spacial score (nSPS) is 34.1. The average molecular weight is 238 g/mol. The van der Waals surface area contributed by atoms with Gasteiger partial charge in [-0.3, -0.25) is 4.90 Å². The molecule has 1 aliphatic carbocycles. The highest BCUT2D eigenvalue weighted by atomic mass is 15.2. The molecule has 1 N–H and O–H groups in total. The fraction of sp³-hybridized carbons (Fsp3) is 1.00. The van der Waals surface area contributed by atoms with Crippen LogP contribution in [0.2, 0.25) is 0 Å². The van der Waals surface area contributed by atoms with Gasteiger partial charge in [-0.1, -0.05) is 27.2 Å². The Balaban J connectivity index is 1.81. The quantitative estimate of drug-likeness (QED) is 0.810. The maximum atomic E-state index is 3.72. The first-order valence-corrected chi connectivity index (χ1v) is 7.58. The Kier molecular flexibility index (Phi) is 4.48. The molecule has 1 saturated heterocycles. The first-order valence-electron chi connectivity index (χ1n) is 7.58. The van der Waals surface area contributed by atoms with E-state index < -0.39 is 0 Å². The fourth-order valence-corrected chi connectivity index (χ4v) is 3.50. The predicted molar refractivity (Wildman–Crippen MR) is 74.3 cm³/mol. The summed E-state index contributed by atoms with van der Waals surface area (Å²) in [5.74, 6) is 0. The minimum atomic E-state index is 0.559. The Morgan fingerprint density at radius 3 is 2.76 bits per heavy atom. The molecule has 0 aromatic rings. The molecule has 0 amide bonds. The van der Waals surface area contributed by atoms with Crippen molar-refractivity contribution in [3.63, 3.8) is 0 Å². The maximum Gasteiger partial charge on any atom is 0.0110 e. The van der Waals surface area contributed by atoms with Crippen LogP contribution < -0.4 is 5.32 Å². The lowest BCUT2D eigenvalue weighted by molar-refractivity contribution is 0.155. The van der Waals surface area contributed by atoms with Crippen LogP contribution in [0.15, 0.2) is 0 Å². The minimum Gasteiger partial charge on any atom is -0.314 e. The lowest BCUT2D eigenvalue weighted by Gasteiger charge is -2.36. The highest BCUT2D eigenvalue weighted by Crippen LogP contribution is 2.34. The van der Waals surface area contributed by atoms with Crippen LogP contribution in [0.4, 0.5) is 0 Å². The molecule has 0 aromatic carbocycles. The summed E-state index contributed by atoms with van der Waals surface area (Å²) in [7, 11) is 0. The van der Waals surface area contributed by atoms with Gasteiger partial charge in [-0.25, -0.2) is 0 Å². The largest absolute Gasteiger partial charge is 0.314 e. The summed E-state index contributed by atoms with van der Waals surface area (Å²) >= 11 is 0. The van der Waals surface area contributed by atoms with E-state index >= 15 is 0 Å². The van der Waals surface area contributed by atoms with E-state index in [0.717, 1.165) is 12.1 Å². The summed E-state index contributed by atoms with van der Waals surface area (Å²) in [6.07, 6.45) is 8.28. The van der Waals surface area contributed by atoms with E-state index in [1.807, 2.05) is 0 Å². The Hall–Kier alpha value is -0.0800. The van der Waals surface area contributed by atoms with Crippen molar-refractivity contribution in [2.45, 2.75) is 71.4 Å². The summed E-state index contributed by atoms with van der Waals surface area (Å²) < 4.78 is 0. The number of rotatable bonds is 4. The lowest BCUT2D eigenvalue weighted by Crippen LogP contribution is -2.44. The van der Waals surface area contributed by atoms with Gasteiger partial charge in [0, 0.05) is 18.6 Å². The van der Waals surface area contributed by atoms with Crippen LogP contribution in [0.5, 0.6) is 0 Å². The van der Waals surface area contributed by atoms with E-state index in [2.05, 4.69) is 31.0 Å². The number of nitrogens with one attached hydrogen (secondary N) is 1. The fourth-order valence-electron chi connectivity index (χ4n) is 3.50. The first-order chi connectivity index (χ1) is 8.11. The zero-order valence-electron chi connectivity index (χ0n) is 12.0. The third kappa shape index (κ3) is 3.69. The lowest BCUT2D eigenvalue weighted by atomic mass is 9.89. The molecule has 2 atom stereocenters. The predicted octanol–water partition coefficient (Wildman–Crippen LogP) is 3.03. The smallest absolute Gasteiger partial charge is 0.0110 e. The molecule has 1 aliphatic heterocycles. The molecule has 0 aromatic heterocycles. The Morgan fingerprint density at radius 1 is 1.29 bits per heavy atom. The summed E-state index contributed by atoms with van der Waals surface area (Å²) in [6.45, 7) is 10.9. The SMILES string of the molecule is CCCNC1CCCC(N2CCC(C)(C)C2)C1. The molecule has 2 nitrogen and oxygen atoms in total. The van der Waals surface area contributed by atoms with E-state index in [-0.39, 0.29) is 0 Å². The van der Waals surface area contributed by atoms with Gasteiger partial charge in [-0.05, 0) is 50.6 Å². The van der Waals surface area contributed by atoms with Crippen molar-refractivity contribution in [3.8, 4) is 0 Å². The molecule has 1 heterocycles. The summed E-state index contributed by atoms with van der Waals surface area (Å²) in [5.41, 5.74) is 0.559. The van der Waals surface area contributed by atoms with Gasteiger partial charge in [0.25, 0.3) is 0 Å². The molecule has 2 fully saturated rings. The average Bonchev–Trinajstić information content (AvgIpc) is 2.67. The van der Waals surface area contributed by atoms with Crippen LogP contribution in [0.25, 0.3) is 0 Å². The monoisotopic (exact) mass is 238 g/mol. The minimum absolute atomic E-state index is 0.559. The molecular formula is C15H30N2. The van der Waals surface area contributed by atoms with Crippen molar-refractivity contribution in [1.29, 1.82) is 0 Å². The van der Waals surface area contributed by atoms with Crippen LogP contribution >= 0.6 is 0 Å². The van der Waals surface area contributed by atoms with E-state index in [4.69, 9.17) is 0 Å². The highest BCUT2D eigenvalue weighted by Gasteiger charge is 2.35. The second-order valence-electron chi connectivity index (χ2n) is 6.86. The van der Waals surface area contributed by atoms with Gasteiger partial charge >= 0.3 is 0 Å². The van der Waals surface area contributed by atoms with Crippen molar-refractivity contribution >= 4 is 0 Å². The van der Waals surface area contributed by atoms with E-state index in [9.17, 15) is 0 Å². The van der Waals surface area contributed by atoms with E-state index in [0.29, 0.717) is 5.41 Å². The molecule has 2 unspecified atom stereocenters. The third-order valence-electron chi connectivity index (χ3n) is 4.55. The summed E-state index contributed by atoms with van der Waals surface area (Å²) in [4.78, 5) is 2.76. The molecule has 100 valence electrons. The molecule has 2 aliphatic rings. The summed E-state index contributed by atoms with van der Waals surface area (Å²) in [5, 5.41) is 3.72. The van der Waals surface area contributed by atoms with Gasteiger partial charge in [0.2, 0.25) is 0 Å². The Labute approximate surface area is 107 Å². The van der Waals surface area contributed by atoms with Gasteiger partial charge in [-0.2, -0.15) is 0 Å². The maximum absolute atomic E-state index is 3.72. The standard InChI is InChI=1S/C15H30N2/c1-4-9-16-13-6-5-7-14(11-13)17-10-8-15(2,3)12-17/h13-14,16H,4-12H2,1-3H3. The molecule has 0 spiro atoms. The molecular weight excluding hydrogens is 208 g/mol.